The van der Waals surface area contributed by atoms with E-state index in [2.05, 4.69) is 6.58 Å². The normalized spacial score (nSPS) is 10.3. The van der Waals surface area contributed by atoms with Crippen molar-refractivity contribution in [2.75, 3.05) is 13.7 Å². The predicted octanol–water partition coefficient (Wildman–Crippen LogP) is 5.82. The maximum atomic E-state index is 15.0. The van der Waals surface area contributed by atoms with Gasteiger partial charge < -0.3 is 14.8 Å². The lowest BCUT2D eigenvalue weighted by Gasteiger charge is -2.13. The predicted molar refractivity (Wildman–Crippen MR) is 142 cm³/mol. The molecule has 4 nitrogen and oxygen atoms in total. The highest BCUT2D eigenvalue weighted by Gasteiger charge is 2.13. The molecule has 0 aromatic heterocycles. The first kappa shape index (κ1) is 28.2. The highest BCUT2D eigenvalue weighted by molar-refractivity contribution is 6.41. The van der Waals surface area contributed by atoms with Gasteiger partial charge in [0.05, 0.1) is 0 Å². The van der Waals surface area contributed by atoms with Crippen molar-refractivity contribution < 1.29 is 24.0 Å². The smallest absolute Gasteiger partial charge is 0.427 e. The second-order valence-electron chi connectivity index (χ2n) is 8.62. The molecule has 0 atom stereocenters. The fraction of sp³-hybridized carbons (Fsp3) is 0.276. The largest absolute Gasteiger partial charge is 0.451 e. The van der Waals surface area contributed by atoms with Crippen molar-refractivity contribution >= 4 is 13.4 Å². The number of ether oxygens (including phenoxy) is 1. The number of aryl methyl sites for hydroxylation is 3. The van der Waals surface area contributed by atoms with Crippen molar-refractivity contribution in [2.45, 2.75) is 39.4 Å². The first-order valence-corrected chi connectivity index (χ1v) is 11.7. The molecular formula is C29H34BFO4. The molecule has 6 heteroatoms. The van der Waals surface area contributed by atoms with Gasteiger partial charge in [0.15, 0.2) is 0 Å². The minimum absolute atomic E-state index is 0.255. The lowest BCUT2D eigenvalue weighted by Crippen LogP contribution is -2.12. The van der Waals surface area contributed by atoms with E-state index in [1.807, 2.05) is 61.5 Å². The van der Waals surface area contributed by atoms with Crippen molar-refractivity contribution in [3.63, 3.8) is 0 Å². The highest BCUT2D eigenvalue weighted by atomic mass is 19.1. The van der Waals surface area contributed by atoms with E-state index in [0.717, 1.165) is 46.9 Å². The van der Waals surface area contributed by atoms with E-state index in [9.17, 15) is 14.8 Å². The molecule has 3 aromatic carbocycles. The van der Waals surface area contributed by atoms with Crippen molar-refractivity contribution in [3.8, 4) is 22.3 Å². The van der Waals surface area contributed by atoms with Gasteiger partial charge >= 0.3 is 7.12 Å². The molecule has 2 N–H and O–H groups in total. The van der Waals surface area contributed by atoms with Gasteiger partial charge in [-0.2, -0.15) is 0 Å². The number of aldehydes is 1. The highest BCUT2D eigenvalue weighted by Crippen LogP contribution is 2.30. The topological polar surface area (TPSA) is 66.8 Å². The van der Waals surface area contributed by atoms with Gasteiger partial charge in [-0.05, 0) is 78.9 Å². The molecule has 3 rings (SSSR count). The molecule has 3 aromatic rings. The first-order chi connectivity index (χ1) is 16.7. The van der Waals surface area contributed by atoms with E-state index in [1.54, 1.807) is 20.1 Å². The molecule has 35 heavy (non-hydrogen) atoms. The third kappa shape index (κ3) is 9.25. The van der Waals surface area contributed by atoms with E-state index in [4.69, 9.17) is 4.74 Å². The number of halogens is 1. The number of allylic oxidation sites excluding steroid dienone is 1. The van der Waals surface area contributed by atoms with Gasteiger partial charge in [-0.3, -0.25) is 4.79 Å². The van der Waals surface area contributed by atoms with Gasteiger partial charge in [0, 0.05) is 19.3 Å². The molecule has 0 aliphatic heterocycles. The van der Waals surface area contributed by atoms with E-state index in [1.165, 1.54) is 5.56 Å². The lowest BCUT2D eigenvalue weighted by atomic mass is 9.81. The zero-order valence-corrected chi connectivity index (χ0v) is 20.8. The molecule has 0 fully saturated rings. The van der Waals surface area contributed by atoms with E-state index in [-0.39, 0.29) is 12.1 Å². The number of methoxy groups -OCH3 is 1. The summed E-state index contributed by atoms with van der Waals surface area (Å²) in [6, 6.07) is 19.3. The zero-order valence-electron chi connectivity index (χ0n) is 20.8. The fourth-order valence-corrected chi connectivity index (χ4v) is 3.64. The minimum Gasteiger partial charge on any atom is -0.427 e. The molecular weight excluding hydrogens is 442 g/mol. The van der Waals surface area contributed by atoms with Crippen LogP contribution in [0, 0.1) is 12.7 Å². The van der Waals surface area contributed by atoms with Gasteiger partial charge in [0.25, 0.3) is 0 Å². The molecule has 0 unspecified atom stereocenters. The van der Waals surface area contributed by atoms with Crippen molar-refractivity contribution in [1.82, 2.24) is 0 Å². The maximum absolute atomic E-state index is 15.0. The number of hydrogen-bond acceptors (Lipinski definition) is 4. The number of rotatable bonds is 10. The van der Waals surface area contributed by atoms with Crippen molar-refractivity contribution in [2.24, 2.45) is 0 Å². The Balaban J connectivity index is 0.000000784. The van der Waals surface area contributed by atoms with Crippen LogP contribution in [0.4, 0.5) is 4.39 Å². The van der Waals surface area contributed by atoms with E-state index >= 15 is 4.39 Å². The summed E-state index contributed by atoms with van der Waals surface area (Å²) < 4.78 is 20.2. The second kappa shape index (κ2) is 14.4. The molecule has 0 aliphatic carbocycles. The third-order valence-electron chi connectivity index (χ3n) is 5.54. The Morgan fingerprint density at radius 2 is 1.60 bits per heavy atom. The summed E-state index contributed by atoms with van der Waals surface area (Å²) in [5, 5.41) is 18.4. The maximum Gasteiger partial charge on any atom is 0.451 e. The van der Waals surface area contributed by atoms with Crippen molar-refractivity contribution in [1.29, 1.82) is 0 Å². The third-order valence-corrected chi connectivity index (χ3v) is 5.54. The van der Waals surface area contributed by atoms with Gasteiger partial charge in [-0.1, -0.05) is 66.7 Å². The lowest BCUT2D eigenvalue weighted by molar-refractivity contribution is -0.104. The number of carbonyl (C=O) groups excluding carboxylic acids is 1. The Bertz CT molecular complexity index is 1110. The molecule has 0 bridgehead atoms. The molecule has 0 spiro atoms. The second-order valence-corrected chi connectivity index (χ2v) is 8.62. The van der Waals surface area contributed by atoms with Gasteiger partial charge in [-0.25, -0.2) is 4.39 Å². The van der Waals surface area contributed by atoms with E-state index < -0.39 is 7.12 Å². The average molecular weight is 476 g/mol. The quantitative estimate of drug-likeness (QED) is 0.167. The van der Waals surface area contributed by atoms with Crippen LogP contribution in [-0.2, 0) is 22.4 Å². The average Bonchev–Trinajstić information content (AvgIpc) is 2.84. The summed E-state index contributed by atoms with van der Waals surface area (Å²) >= 11 is 0. The van der Waals surface area contributed by atoms with Crippen LogP contribution in [0.1, 0.15) is 30.0 Å². The summed E-state index contributed by atoms with van der Waals surface area (Å²) in [7, 11) is 0.341. The van der Waals surface area contributed by atoms with Crippen LogP contribution in [0.2, 0.25) is 6.32 Å². The SMILES string of the molecule is C=C(C)C=O.COCCCc1cc(-c2ccc(-c3ccc(C)cc3)cc2F)ccc1CCB(O)O. The van der Waals surface area contributed by atoms with Crippen LogP contribution in [-0.4, -0.2) is 37.2 Å². The Kier molecular flexibility index (Phi) is 11.6. The fourth-order valence-electron chi connectivity index (χ4n) is 3.64. The van der Waals surface area contributed by atoms with Gasteiger partial charge in [0.2, 0.25) is 0 Å². The van der Waals surface area contributed by atoms with Crippen LogP contribution in [0.15, 0.2) is 72.8 Å². The molecule has 0 heterocycles. The number of benzene rings is 3. The van der Waals surface area contributed by atoms with Crippen LogP contribution in [0.5, 0.6) is 0 Å². The first-order valence-electron chi connectivity index (χ1n) is 11.7. The van der Waals surface area contributed by atoms with E-state index in [0.29, 0.717) is 24.2 Å². The number of hydrogen-bond donors (Lipinski definition) is 2. The Morgan fingerprint density at radius 1 is 0.971 bits per heavy atom. The molecule has 0 amide bonds. The van der Waals surface area contributed by atoms with Gasteiger partial charge in [-0.15, -0.1) is 0 Å². The summed E-state index contributed by atoms with van der Waals surface area (Å²) in [5.41, 5.74) is 7.12. The number of carbonyl (C=O) groups is 1. The molecule has 0 saturated carbocycles. The zero-order chi connectivity index (χ0) is 25.8. The molecule has 0 saturated heterocycles. The monoisotopic (exact) mass is 476 g/mol. The minimum atomic E-state index is -1.33. The van der Waals surface area contributed by atoms with Crippen LogP contribution >= 0.6 is 0 Å². The summed E-state index contributed by atoms with van der Waals surface area (Å²) in [4.78, 5) is 9.41. The Morgan fingerprint density at radius 3 is 2.17 bits per heavy atom. The molecule has 184 valence electrons. The standard InChI is InChI=1S/C25H28BFO3.C4H6O/c1-18-5-7-19(8-6-18)22-11-12-24(25(27)17-22)23-10-9-20(13-14-26(28)29)21(16-23)4-3-15-30-2;1-4(2)3-5/h5-12,16-17,28-29H,3-4,13-15H2,1-2H3;3H,1H2,2H3. The van der Waals surface area contributed by atoms with Crippen molar-refractivity contribution in [3.05, 3.63) is 95.3 Å². The summed E-state index contributed by atoms with van der Waals surface area (Å²) in [6.07, 6.45) is 3.20. The van der Waals surface area contributed by atoms with Crippen LogP contribution in [0.3, 0.4) is 0 Å². The summed E-state index contributed by atoms with van der Waals surface area (Å²) in [5.74, 6) is -0.255. The summed E-state index contributed by atoms with van der Waals surface area (Å²) in [6.45, 7) is 7.64. The molecule has 0 aliphatic rings. The Labute approximate surface area is 208 Å². The Hall–Kier alpha value is -3.06. The van der Waals surface area contributed by atoms with Crippen LogP contribution in [0.25, 0.3) is 22.3 Å². The van der Waals surface area contributed by atoms with Crippen LogP contribution < -0.4 is 0 Å². The molecule has 0 radical (unpaired) electrons. The van der Waals surface area contributed by atoms with Gasteiger partial charge in [0.1, 0.15) is 12.1 Å².